The second-order valence-corrected chi connectivity index (χ2v) is 8.40. The molecule has 2 fully saturated rings. The minimum atomic E-state index is -0.419. The number of aromatic amines is 1. The Morgan fingerprint density at radius 2 is 2.10 bits per heavy atom. The van der Waals surface area contributed by atoms with E-state index >= 15 is 0 Å². The SMILES string of the molecule is CCc1[nH]c2nc(Cc3cncc(C(=O)OC)c3)nc(N3CC4C(N)C4C3)c2c1Cl. The van der Waals surface area contributed by atoms with Gasteiger partial charge >= 0.3 is 5.97 Å². The molecule has 1 saturated heterocycles. The molecule has 1 saturated carbocycles. The van der Waals surface area contributed by atoms with Crippen LogP contribution in [0.3, 0.4) is 0 Å². The Bertz CT molecular complexity index is 1130. The van der Waals surface area contributed by atoms with E-state index in [9.17, 15) is 4.79 Å². The number of methoxy groups -OCH3 is 1. The second-order valence-electron chi connectivity index (χ2n) is 8.02. The van der Waals surface area contributed by atoms with Gasteiger partial charge in [0.25, 0.3) is 0 Å². The van der Waals surface area contributed by atoms with Crippen molar-refractivity contribution in [1.29, 1.82) is 0 Å². The first-order valence-electron chi connectivity index (χ1n) is 10.1. The molecule has 9 heteroatoms. The molecule has 2 aliphatic rings. The van der Waals surface area contributed by atoms with Gasteiger partial charge in [-0.15, -0.1) is 0 Å². The van der Waals surface area contributed by atoms with Gasteiger partial charge in [0.2, 0.25) is 0 Å². The van der Waals surface area contributed by atoms with Crippen molar-refractivity contribution in [1.82, 2.24) is 19.9 Å². The molecule has 0 aromatic carbocycles. The fourth-order valence-electron chi connectivity index (χ4n) is 4.43. The number of anilines is 1. The number of fused-ring (bicyclic) bond motifs is 2. The predicted octanol–water partition coefficient (Wildman–Crippen LogP) is 2.34. The molecule has 1 aliphatic heterocycles. The number of piperidine rings is 1. The first-order valence-corrected chi connectivity index (χ1v) is 10.5. The van der Waals surface area contributed by atoms with Crippen molar-refractivity contribution in [2.45, 2.75) is 25.8 Å². The maximum atomic E-state index is 11.8. The highest BCUT2D eigenvalue weighted by atomic mass is 35.5. The van der Waals surface area contributed by atoms with Gasteiger partial charge in [-0.3, -0.25) is 4.98 Å². The number of ether oxygens (including phenoxy) is 1. The lowest BCUT2D eigenvalue weighted by molar-refractivity contribution is 0.0600. The Morgan fingerprint density at radius 1 is 1.33 bits per heavy atom. The van der Waals surface area contributed by atoms with Crippen molar-refractivity contribution in [2.24, 2.45) is 17.6 Å². The van der Waals surface area contributed by atoms with E-state index in [0.29, 0.717) is 40.7 Å². The molecule has 3 N–H and O–H groups in total. The Morgan fingerprint density at radius 3 is 2.80 bits per heavy atom. The Balaban J connectivity index is 1.54. The summed E-state index contributed by atoms with van der Waals surface area (Å²) in [4.78, 5) is 31.2. The quantitative estimate of drug-likeness (QED) is 0.602. The molecule has 30 heavy (non-hydrogen) atoms. The van der Waals surface area contributed by atoms with E-state index in [0.717, 1.165) is 47.6 Å². The molecular formula is C21H23ClN6O2. The molecule has 1 aliphatic carbocycles. The molecule has 3 aromatic rings. The zero-order valence-electron chi connectivity index (χ0n) is 16.9. The number of rotatable bonds is 5. The second kappa shape index (κ2) is 7.21. The molecule has 8 nitrogen and oxygen atoms in total. The molecule has 3 aromatic heterocycles. The molecule has 156 valence electrons. The number of aromatic nitrogens is 4. The van der Waals surface area contributed by atoms with Crippen LogP contribution in [0.5, 0.6) is 0 Å². The predicted molar refractivity (Wildman–Crippen MR) is 114 cm³/mol. The van der Waals surface area contributed by atoms with Crippen LogP contribution in [0.15, 0.2) is 18.5 Å². The third-order valence-electron chi connectivity index (χ3n) is 6.18. The van der Waals surface area contributed by atoms with Crippen LogP contribution in [0.4, 0.5) is 5.82 Å². The summed E-state index contributed by atoms with van der Waals surface area (Å²) < 4.78 is 4.79. The number of aryl methyl sites for hydroxylation is 1. The number of carbonyl (C=O) groups is 1. The number of pyridine rings is 1. The minimum absolute atomic E-state index is 0.304. The van der Waals surface area contributed by atoms with Crippen LogP contribution in [-0.4, -0.2) is 52.1 Å². The normalized spacial score (nSPS) is 22.4. The summed E-state index contributed by atoms with van der Waals surface area (Å²) in [6.45, 7) is 3.83. The molecule has 4 heterocycles. The van der Waals surface area contributed by atoms with Crippen LogP contribution in [-0.2, 0) is 17.6 Å². The summed E-state index contributed by atoms with van der Waals surface area (Å²) in [5.41, 5.74) is 9.05. The highest BCUT2D eigenvalue weighted by Crippen LogP contribution is 2.46. The maximum absolute atomic E-state index is 11.8. The summed E-state index contributed by atoms with van der Waals surface area (Å²) >= 11 is 6.68. The molecule has 0 amide bonds. The van der Waals surface area contributed by atoms with E-state index in [1.54, 1.807) is 12.3 Å². The zero-order valence-corrected chi connectivity index (χ0v) is 17.6. The molecule has 2 atom stereocenters. The first-order chi connectivity index (χ1) is 14.5. The van der Waals surface area contributed by atoms with E-state index in [1.807, 2.05) is 0 Å². The van der Waals surface area contributed by atoms with Gasteiger partial charge in [0, 0.05) is 43.6 Å². The topological polar surface area (TPSA) is 110 Å². The smallest absolute Gasteiger partial charge is 0.339 e. The Kier molecular flexibility index (Phi) is 4.63. The summed E-state index contributed by atoms with van der Waals surface area (Å²) in [6.07, 6.45) is 4.43. The number of halogens is 1. The summed E-state index contributed by atoms with van der Waals surface area (Å²) in [6, 6.07) is 2.06. The van der Waals surface area contributed by atoms with E-state index in [-0.39, 0.29) is 0 Å². The van der Waals surface area contributed by atoms with Gasteiger partial charge in [0.15, 0.2) is 0 Å². The van der Waals surface area contributed by atoms with Gasteiger partial charge in [-0.25, -0.2) is 14.8 Å². The molecule has 0 spiro atoms. The van der Waals surface area contributed by atoms with Crippen LogP contribution < -0.4 is 10.6 Å². The lowest BCUT2D eigenvalue weighted by Crippen LogP contribution is -2.29. The minimum Gasteiger partial charge on any atom is -0.465 e. The number of carbonyl (C=O) groups excluding carboxylic acids is 1. The number of nitrogens with zero attached hydrogens (tertiary/aromatic N) is 4. The van der Waals surface area contributed by atoms with Crippen molar-refractivity contribution >= 4 is 34.4 Å². The monoisotopic (exact) mass is 426 g/mol. The summed E-state index contributed by atoms with van der Waals surface area (Å²) in [5.74, 6) is 2.14. The van der Waals surface area contributed by atoms with Gasteiger partial charge in [-0.1, -0.05) is 18.5 Å². The number of hydrogen-bond acceptors (Lipinski definition) is 7. The van der Waals surface area contributed by atoms with Gasteiger partial charge in [0.05, 0.1) is 23.1 Å². The van der Waals surface area contributed by atoms with E-state index in [2.05, 4.69) is 21.8 Å². The van der Waals surface area contributed by atoms with Gasteiger partial charge in [-0.2, -0.15) is 0 Å². The molecule has 5 rings (SSSR count). The van der Waals surface area contributed by atoms with Crippen molar-refractivity contribution in [3.8, 4) is 0 Å². The van der Waals surface area contributed by atoms with Gasteiger partial charge < -0.3 is 20.4 Å². The van der Waals surface area contributed by atoms with Crippen LogP contribution in [0.25, 0.3) is 11.0 Å². The average Bonchev–Trinajstić information content (AvgIpc) is 3.10. The fraction of sp³-hybridized carbons (Fsp3) is 0.429. The highest BCUT2D eigenvalue weighted by Gasteiger charge is 2.54. The number of esters is 1. The molecular weight excluding hydrogens is 404 g/mol. The molecule has 0 radical (unpaired) electrons. The van der Waals surface area contributed by atoms with Crippen molar-refractivity contribution < 1.29 is 9.53 Å². The van der Waals surface area contributed by atoms with Crippen molar-refractivity contribution in [3.63, 3.8) is 0 Å². The highest BCUT2D eigenvalue weighted by molar-refractivity contribution is 6.37. The Hall–Kier alpha value is -2.71. The lowest BCUT2D eigenvalue weighted by atomic mass is 10.1. The fourth-order valence-corrected chi connectivity index (χ4v) is 4.78. The average molecular weight is 427 g/mol. The lowest BCUT2D eigenvalue weighted by Gasteiger charge is -2.21. The summed E-state index contributed by atoms with van der Waals surface area (Å²) in [5, 5.41) is 1.56. The summed E-state index contributed by atoms with van der Waals surface area (Å²) in [7, 11) is 1.35. The van der Waals surface area contributed by atoms with Crippen LogP contribution in [0, 0.1) is 11.8 Å². The van der Waals surface area contributed by atoms with E-state index in [4.69, 9.17) is 32.0 Å². The Labute approximate surface area is 178 Å². The number of nitrogens with two attached hydrogens (primary N) is 1. The molecule has 2 unspecified atom stereocenters. The standard InChI is InChI=1S/C21H23ClN6O2/c1-3-14-17(22)16-19(25-14)26-15(5-10-4-11(7-24-6-10)21(29)30-2)27-20(16)28-8-12-13(9-28)18(12)23/h4,6-7,12-13,18H,3,5,8-9,23H2,1-2H3,(H,25,26,27). The van der Waals surface area contributed by atoms with Crippen LogP contribution in [0.1, 0.15) is 34.4 Å². The van der Waals surface area contributed by atoms with Gasteiger partial charge in [-0.05, 0) is 29.9 Å². The first kappa shape index (κ1) is 19.3. The van der Waals surface area contributed by atoms with Crippen molar-refractivity contribution in [3.05, 3.63) is 46.1 Å². The zero-order chi connectivity index (χ0) is 21.0. The van der Waals surface area contributed by atoms with Crippen LogP contribution >= 0.6 is 11.6 Å². The number of H-pyrrole nitrogens is 1. The third-order valence-corrected chi connectivity index (χ3v) is 6.60. The maximum Gasteiger partial charge on any atom is 0.339 e. The van der Waals surface area contributed by atoms with E-state index < -0.39 is 5.97 Å². The van der Waals surface area contributed by atoms with Crippen LogP contribution in [0.2, 0.25) is 5.02 Å². The van der Waals surface area contributed by atoms with Crippen molar-refractivity contribution in [2.75, 3.05) is 25.1 Å². The third kappa shape index (κ3) is 3.11. The number of nitrogens with one attached hydrogen (secondary N) is 1. The van der Waals surface area contributed by atoms with Gasteiger partial charge in [0.1, 0.15) is 17.3 Å². The molecule has 0 bridgehead atoms. The largest absolute Gasteiger partial charge is 0.465 e. The van der Waals surface area contributed by atoms with E-state index in [1.165, 1.54) is 13.3 Å². The number of hydrogen-bond donors (Lipinski definition) is 2.